The minimum atomic E-state index is -4.21. The fourth-order valence-electron chi connectivity index (χ4n) is 1.43. The highest BCUT2D eigenvalue weighted by molar-refractivity contribution is 5.43. The molecule has 0 saturated carbocycles. The van der Waals surface area contributed by atoms with E-state index in [0.717, 1.165) is 0 Å². The van der Waals surface area contributed by atoms with E-state index in [0.29, 0.717) is 5.56 Å². The van der Waals surface area contributed by atoms with Crippen LogP contribution in [-0.4, -0.2) is 17.7 Å². The number of hydrogen-bond acceptors (Lipinski definition) is 4. The molecule has 0 heterocycles. The lowest BCUT2D eigenvalue weighted by Gasteiger charge is -2.11. The molecule has 0 atom stereocenters. The number of hydrogen-bond donors (Lipinski definition) is 1. The standard InChI is InChI=1S/C11H13F3N2O3/c12-11(13,14)4-1-5-19-10-3-2-9(16(17)18)6-8(10)7-15/h2-3,6H,1,4-5,7,15H2. The monoisotopic (exact) mass is 278 g/mol. The van der Waals surface area contributed by atoms with Crippen molar-refractivity contribution in [2.45, 2.75) is 25.6 Å². The third kappa shape index (κ3) is 5.12. The summed E-state index contributed by atoms with van der Waals surface area (Å²) in [6.45, 7) is -0.111. The molecule has 0 saturated heterocycles. The molecule has 0 bridgehead atoms. The van der Waals surface area contributed by atoms with E-state index < -0.39 is 17.5 Å². The molecule has 0 fully saturated rings. The van der Waals surface area contributed by atoms with Crippen molar-refractivity contribution < 1.29 is 22.8 Å². The van der Waals surface area contributed by atoms with Crippen LogP contribution < -0.4 is 10.5 Å². The third-order valence-electron chi connectivity index (χ3n) is 2.34. The molecule has 2 N–H and O–H groups in total. The van der Waals surface area contributed by atoms with Gasteiger partial charge in [-0.2, -0.15) is 13.2 Å². The lowest BCUT2D eigenvalue weighted by Crippen LogP contribution is -2.10. The SMILES string of the molecule is NCc1cc([N+](=O)[O-])ccc1OCCCC(F)(F)F. The first-order valence-corrected chi connectivity index (χ1v) is 5.50. The summed E-state index contributed by atoms with van der Waals surface area (Å²) in [5.41, 5.74) is 5.66. The molecule has 19 heavy (non-hydrogen) atoms. The van der Waals surface area contributed by atoms with Gasteiger partial charge in [-0.25, -0.2) is 0 Å². The minimum absolute atomic E-state index is 0.0102. The Morgan fingerprint density at radius 2 is 2.05 bits per heavy atom. The van der Waals surface area contributed by atoms with Gasteiger partial charge in [0.25, 0.3) is 5.69 Å². The van der Waals surface area contributed by atoms with Crippen LogP contribution in [0, 0.1) is 10.1 Å². The highest BCUT2D eigenvalue weighted by Gasteiger charge is 2.26. The highest BCUT2D eigenvalue weighted by atomic mass is 19.4. The Morgan fingerprint density at radius 1 is 1.37 bits per heavy atom. The largest absolute Gasteiger partial charge is 0.493 e. The molecule has 0 radical (unpaired) electrons. The maximum Gasteiger partial charge on any atom is 0.389 e. The molecule has 8 heteroatoms. The lowest BCUT2D eigenvalue weighted by molar-refractivity contribution is -0.384. The first-order chi connectivity index (χ1) is 8.83. The molecule has 5 nitrogen and oxygen atoms in total. The van der Waals surface area contributed by atoms with E-state index in [9.17, 15) is 23.3 Å². The average Bonchev–Trinajstić information content (AvgIpc) is 2.33. The number of ether oxygens (including phenoxy) is 1. The summed E-state index contributed by atoms with van der Waals surface area (Å²) < 4.78 is 40.9. The second-order valence-electron chi connectivity index (χ2n) is 3.82. The number of nitro groups is 1. The number of nitro benzene ring substituents is 1. The second kappa shape index (κ2) is 6.37. The van der Waals surface area contributed by atoms with E-state index in [1.54, 1.807) is 0 Å². The number of nitrogens with two attached hydrogens (primary N) is 1. The normalized spacial score (nSPS) is 11.4. The van der Waals surface area contributed by atoms with Gasteiger partial charge in [0.2, 0.25) is 0 Å². The Labute approximate surface area is 107 Å². The molecule has 0 spiro atoms. The van der Waals surface area contributed by atoms with Crippen molar-refractivity contribution in [2.75, 3.05) is 6.61 Å². The molecule has 106 valence electrons. The summed E-state index contributed by atoms with van der Waals surface area (Å²) in [6.07, 6.45) is -5.32. The fourth-order valence-corrected chi connectivity index (χ4v) is 1.43. The van der Waals surface area contributed by atoms with Crippen LogP contribution in [0.3, 0.4) is 0 Å². The van der Waals surface area contributed by atoms with Crippen LogP contribution >= 0.6 is 0 Å². The van der Waals surface area contributed by atoms with Gasteiger partial charge in [-0.05, 0) is 12.5 Å². The van der Waals surface area contributed by atoms with Gasteiger partial charge < -0.3 is 10.5 Å². The molecule has 0 aliphatic rings. The van der Waals surface area contributed by atoms with Gasteiger partial charge in [-0.1, -0.05) is 0 Å². The lowest BCUT2D eigenvalue weighted by atomic mass is 10.2. The maximum absolute atomic E-state index is 11.9. The molecular weight excluding hydrogens is 265 g/mol. The van der Waals surface area contributed by atoms with E-state index in [2.05, 4.69) is 0 Å². The van der Waals surface area contributed by atoms with Gasteiger partial charge in [-0.15, -0.1) is 0 Å². The highest BCUT2D eigenvalue weighted by Crippen LogP contribution is 2.25. The van der Waals surface area contributed by atoms with Crippen LogP contribution in [0.4, 0.5) is 18.9 Å². The molecule has 0 aliphatic carbocycles. The number of halogens is 3. The Kier molecular flexibility index (Phi) is 5.11. The number of rotatable bonds is 6. The summed E-state index contributed by atoms with van der Waals surface area (Å²) >= 11 is 0. The Bertz CT molecular complexity index is 449. The predicted molar refractivity (Wildman–Crippen MR) is 61.8 cm³/mol. The topological polar surface area (TPSA) is 78.4 Å². The average molecular weight is 278 g/mol. The van der Waals surface area contributed by atoms with E-state index >= 15 is 0 Å². The first-order valence-electron chi connectivity index (χ1n) is 5.50. The summed E-state index contributed by atoms with van der Waals surface area (Å²) in [6, 6.07) is 3.81. The van der Waals surface area contributed by atoms with Gasteiger partial charge in [-0.3, -0.25) is 10.1 Å². The second-order valence-corrected chi connectivity index (χ2v) is 3.82. The maximum atomic E-state index is 11.9. The van der Waals surface area contributed by atoms with Gasteiger partial charge in [0.05, 0.1) is 11.5 Å². The van der Waals surface area contributed by atoms with Crippen LogP contribution in [0.1, 0.15) is 18.4 Å². The number of alkyl halides is 3. The summed E-state index contributed by atoms with van der Waals surface area (Å²) in [5, 5.41) is 10.6. The van der Waals surface area contributed by atoms with Gasteiger partial charge in [0, 0.05) is 30.7 Å². The zero-order valence-corrected chi connectivity index (χ0v) is 9.94. The molecule has 1 aromatic carbocycles. The van der Waals surface area contributed by atoms with E-state index in [1.807, 2.05) is 0 Å². The first kappa shape index (κ1) is 15.2. The predicted octanol–water partition coefficient (Wildman–Crippen LogP) is 2.77. The zero-order valence-electron chi connectivity index (χ0n) is 9.94. The Morgan fingerprint density at radius 3 is 2.58 bits per heavy atom. The van der Waals surface area contributed by atoms with Crippen molar-refractivity contribution in [1.29, 1.82) is 0 Å². The van der Waals surface area contributed by atoms with Gasteiger partial charge in [0.15, 0.2) is 0 Å². The number of non-ortho nitro benzene ring substituents is 1. The Hall–Kier alpha value is -1.83. The van der Waals surface area contributed by atoms with Crippen LogP contribution in [-0.2, 0) is 6.54 Å². The van der Waals surface area contributed by atoms with Crippen molar-refractivity contribution >= 4 is 5.69 Å². The number of nitrogens with zero attached hydrogens (tertiary/aromatic N) is 1. The van der Waals surface area contributed by atoms with Crippen molar-refractivity contribution in [3.63, 3.8) is 0 Å². The fraction of sp³-hybridized carbons (Fsp3) is 0.455. The summed E-state index contributed by atoms with van der Waals surface area (Å²) in [4.78, 5) is 9.97. The van der Waals surface area contributed by atoms with E-state index in [4.69, 9.17) is 10.5 Å². The smallest absolute Gasteiger partial charge is 0.389 e. The number of benzene rings is 1. The summed E-state index contributed by atoms with van der Waals surface area (Å²) in [7, 11) is 0. The molecule has 0 aliphatic heterocycles. The van der Waals surface area contributed by atoms with E-state index in [-0.39, 0.29) is 31.0 Å². The van der Waals surface area contributed by atoms with Crippen molar-refractivity contribution in [2.24, 2.45) is 5.73 Å². The molecular formula is C11H13F3N2O3. The van der Waals surface area contributed by atoms with Crippen LogP contribution in [0.5, 0.6) is 5.75 Å². The molecule has 0 unspecified atom stereocenters. The third-order valence-corrected chi connectivity index (χ3v) is 2.34. The van der Waals surface area contributed by atoms with Crippen LogP contribution in [0.2, 0.25) is 0 Å². The van der Waals surface area contributed by atoms with Crippen molar-refractivity contribution in [3.05, 3.63) is 33.9 Å². The van der Waals surface area contributed by atoms with Crippen LogP contribution in [0.25, 0.3) is 0 Å². The molecule has 1 rings (SSSR count). The molecule has 1 aromatic rings. The zero-order chi connectivity index (χ0) is 14.5. The van der Waals surface area contributed by atoms with Crippen molar-refractivity contribution in [1.82, 2.24) is 0 Å². The van der Waals surface area contributed by atoms with Gasteiger partial charge >= 0.3 is 6.18 Å². The van der Waals surface area contributed by atoms with Crippen LogP contribution in [0.15, 0.2) is 18.2 Å². The summed E-state index contributed by atoms with van der Waals surface area (Å²) in [5.74, 6) is 0.273. The molecule has 0 amide bonds. The minimum Gasteiger partial charge on any atom is -0.493 e. The van der Waals surface area contributed by atoms with E-state index in [1.165, 1.54) is 18.2 Å². The molecule has 0 aromatic heterocycles. The Balaban J connectivity index is 2.61. The van der Waals surface area contributed by atoms with Crippen molar-refractivity contribution in [3.8, 4) is 5.75 Å². The van der Waals surface area contributed by atoms with Gasteiger partial charge in [0.1, 0.15) is 5.75 Å². The quantitative estimate of drug-likeness (QED) is 0.493.